The van der Waals surface area contributed by atoms with Gasteiger partial charge in [-0.2, -0.15) is 0 Å². The lowest BCUT2D eigenvalue weighted by Gasteiger charge is -2.13. The van der Waals surface area contributed by atoms with Crippen molar-refractivity contribution in [2.45, 2.75) is 33.2 Å². The molecule has 1 aromatic heterocycles. The Morgan fingerprint density at radius 1 is 1.38 bits per heavy atom. The maximum absolute atomic E-state index is 12.0. The molecule has 1 aromatic carbocycles. The van der Waals surface area contributed by atoms with E-state index in [1.165, 1.54) is 0 Å². The summed E-state index contributed by atoms with van der Waals surface area (Å²) >= 11 is 1.56. The van der Waals surface area contributed by atoms with Crippen LogP contribution in [-0.2, 0) is 11.3 Å². The monoisotopic (exact) mass is 303 g/mol. The lowest BCUT2D eigenvalue weighted by Crippen LogP contribution is -2.16. The van der Waals surface area contributed by atoms with Gasteiger partial charge in [-0.15, -0.1) is 11.3 Å². The van der Waals surface area contributed by atoms with E-state index < -0.39 is 0 Å². The average molecular weight is 303 g/mol. The van der Waals surface area contributed by atoms with Crippen LogP contribution in [0.5, 0.6) is 0 Å². The number of nitrogens with one attached hydrogen (secondary N) is 2. The SMILES string of the molecule is CCC(C)CC(=O)Nc1ccccc1CNc1nccs1. The predicted molar refractivity (Wildman–Crippen MR) is 88.6 cm³/mol. The molecule has 2 N–H and O–H groups in total. The van der Waals surface area contributed by atoms with Gasteiger partial charge in [0.1, 0.15) is 0 Å². The molecule has 0 radical (unpaired) electrons. The van der Waals surface area contributed by atoms with Crippen LogP contribution in [0, 0.1) is 5.92 Å². The third-order valence-corrected chi connectivity index (χ3v) is 4.12. The van der Waals surface area contributed by atoms with Crippen LogP contribution in [0.3, 0.4) is 0 Å². The zero-order valence-corrected chi connectivity index (χ0v) is 13.2. The Morgan fingerprint density at radius 2 is 2.19 bits per heavy atom. The maximum atomic E-state index is 12.0. The first-order chi connectivity index (χ1) is 10.2. The van der Waals surface area contributed by atoms with Gasteiger partial charge in [-0.3, -0.25) is 4.79 Å². The lowest BCUT2D eigenvalue weighted by molar-refractivity contribution is -0.117. The summed E-state index contributed by atoms with van der Waals surface area (Å²) in [6.45, 7) is 4.84. The van der Waals surface area contributed by atoms with Crippen molar-refractivity contribution in [3.05, 3.63) is 41.4 Å². The second kappa shape index (κ2) is 7.78. The quantitative estimate of drug-likeness (QED) is 0.808. The van der Waals surface area contributed by atoms with Crippen LogP contribution in [0.15, 0.2) is 35.8 Å². The number of anilines is 2. The molecule has 0 aliphatic carbocycles. The van der Waals surface area contributed by atoms with Crippen LogP contribution in [-0.4, -0.2) is 10.9 Å². The van der Waals surface area contributed by atoms with E-state index in [2.05, 4.69) is 29.5 Å². The van der Waals surface area contributed by atoms with E-state index in [0.717, 1.165) is 22.8 Å². The molecule has 1 unspecified atom stereocenters. The number of para-hydroxylation sites is 1. The normalized spacial score (nSPS) is 11.9. The first-order valence-electron chi connectivity index (χ1n) is 7.20. The first kappa shape index (κ1) is 15.5. The molecule has 1 atom stereocenters. The van der Waals surface area contributed by atoms with Crippen molar-refractivity contribution >= 4 is 28.1 Å². The Bertz CT molecular complexity index is 569. The van der Waals surface area contributed by atoms with Crippen LogP contribution < -0.4 is 10.6 Å². The van der Waals surface area contributed by atoms with Crippen molar-refractivity contribution in [1.29, 1.82) is 0 Å². The highest BCUT2D eigenvalue weighted by Gasteiger charge is 2.10. The second-order valence-electron chi connectivity index (χ2n) is 5.11. The van der Waals surface area contributed by atoms with Crippen LogP contribution in [0.4, 0.5) is 10.8 Å². The van der Waals surface area contributed by atoms with Crippen molar-refractivity contribution in [3.8, 4) is 0 Å². The molecule has 0 saturated heterocycles. The van der Waals surface area contributed by atoms with E-state index in [4.69, 9.17) is 0 Å². The Morgan fingerprint density at radius 3 is 2.90 bits per heavy atom. The summed E-state index contributed by atoms with van der Waals surface area (Å²) in [4.78, 5) is 16.2. The van der Waals surface area contributed by atoms with Crippen LogP contribution >= 0.6 is 11.3 Å². The Labute approximate surface area is 129 Å². The molecular formula is C16H21N3OS. The smallest absolute Gasteiger partial charge is 0.224 e. The molecule has 2 rings (SSSR count). The van der Waals surface area contributed by atoms with Gasteiger partial charge >= 0.3 is 0 Å². The van der Waals surface area contributed by atoms with E-state index in [9.17, 15) is 4.79 Å². The molecule has 0 aliphatic rings. The molecule has 21 heavy (non-hydrogen) atoms. The van der Waals surface area contributed by atoms with Crippen molar-refractivity contribution in [1.82, 2.24) is 4.98 Å². The molecule has 4 nitrogen and oxygen atoms in total. The molecule has 0 aliphatic heterocycles. The minimum absolute atomic E-state index is 0.0750. The predicted octanol–water partition coefficient (Wildman–Crippen LogP) is 4.13. The number of rotatable bonds is 7. The number of benzene rings is 1. The molecule has 0 bridgehead atoms. The first-order valence-corrected chi connectivity index (χ1v) is 8.08. The maximum Gasteiger partial charge on any atom is 0.224 e. The number of carbonyl (C=O) groups excluding carboxylic acids is 1. The van der Waals surface area contributed by atoms with Gasteiger partial charge in [0.15, 0.2) is 5.13 Å². The fourth-order valence-corrected chi connectivity index (χ4v) is 2.47. The highest BCUT2D eigenvalue weighted by atomic mass is 32.1. The molecule has 112 valence electrons. The molecule has 1 amide bonds. The summed E-state index contributed by atoms with van der Waals surface area (Å²) in [5, 5.41) is 9.09. The van der Waals surface area contributed by atoms with Gasteiger partial charge in [0.25, 0.3) is 0 Å². The average Bonchev–Trinajstić information content (AvgIpc) is 2.99. The van der Waals surface area contributed by atoms with E-state index in [1.54, 1.807) is 17.5 Å². The largest absolute Gasteiger partial charge is 0.357 e. The number of amides is 1. The standard InChI is InChI=1S/C16H21N3OS/c1-3-12(2)10-15(20)19-14-7-5-4-6-13(14)11-18-16-17-8-9-21-16/h4-9,12H,3,10-11H2,1-2H3,(H,17,18)(H,19,20). The van der Waals surface area contributed by atoms with Crippen molar-refractivity contribution in [3.63, 3.8) is 0 Å². The van der Waals surface area contributed by atoms with E-state index >= 15 is 0 Å². The minimum Gasteiger partial charge on any atom is -0.357 e. The van der Waals surface area contributed by atoms with Gasteiger partial charge in [-0.1, -0.05) is 38.5 Å². The van der Waals surface area contributed by atoms with Crippen molar-refractivity contribution < 1.29 is 4.79 Å². The van der Waals surface area contributed by atoms with E-state index in [1.807, 2.05) is 29.6 Å². The number of nitrogens with zero attached hydrogens (tertiary/aromatic N) is 1. The molecule has 0 spiro atoms. The topological polar surface area (TPSA) is 54.0 Å². The molecule has 5 heteroatoms. The second-order valence-corrected chi connectivity index (χ2v) is 6.01. The Kier molecular flexibility index (Phi) is 5.75. The fourth-order valence-electron chi connectivity index (χ4n) is 1.94. The third-order valence-electron chi connectivity index (χ3n) is 3.38. The molecule has 0 fully saturated rings. The van der Waals surface area contributed by atoms with Crippen LogP contribution in [0.1, 0.15) is 32.3 Å². The van der Waals surface area contributed by atoms with Gasteiger partial charge < -0.3 is 10.6 Å². The summed E-state index contributed by atoms with van der Waals surface area (Å²) in [6, 6.07) is 7.86. The van der Waals surface area contributed by atoms with Gasteiger partial charge in [-0.05, 0) is 17.5 Å². The summed E-state index contributed by atoms with van der Waals surface area (Å²) < 4.78 is 0. The van der Waals surface area contributed by atoms with Gasteiger partial charge in [0, 0.05) is 30.2 Å². The summed E-state index contributed by atoms with van der Waals surface area (Å²) in [5.41, 5.74) is 1.93. The summed E-state index contributed by atoms with van der Waals surface area (Å²) in [6.07, 6.45) is 3.35. The highest BCUT2D eigenvalue weighted by molar-refractivity contribution is 7.13. The summed E-state index contributed by atoms with van der Waals surface area (Å²) in [7, 11) is 0. The number of thiazole rings is 1. The Hall–Kier alpha value is -1.88. The number of aromatic nitrogens is 1. The molecular weight excluding hydrogens is 282 g/mol. The van der Waals surface area contributed by atoms with Crippen molar-refractivity contribution in [2.75, 3.05) is 10.6 Å². The van der Waals surface area contributed by atoms with Gasteiger partial charge in [-0.25, -0.2) is 4.98 Å². The zero-order chi connectivity index (χ0) is 15.1. The van der Waals surface area contributed by atoms with E-state index in [0.29, 0.717) is 18.9 Å². The molecule has 2 aromatic rings. The zero-order valence-electron chi connectivity index (χ0n) is 12.4. The van der Waals surface area contributed by atoms with E-state index in [-0.39, 0.29) is 5.91 Å². The summed E-state index contributed by atoms with van der Waals surface area (Å²) in [5.74, 6) is 0.483. The number of carbonyl (C=O) groups is 1. The lowest BCUT2D eigenvalue weighted by atomic mass is 10.0. The van der Waals surface area contributed by atoms with Crippen LogP contribution in [0.2, 0.25) is 0 Å². The van der Waals surface area contributed by atoms with Crippen LogP contribution in [0.25, 0.3) is 0 Å². The third kappa shape index (κ3) is 4.86. The fraction of sp³-hybridized carbons (Fsp3) is 0.375. The molecule has 0 saturated carbocycles. The minimum atomic E-state index is 0.0750. The van der Waals surface area contributed by atoms with Crippen molar-refractivity contribution in [2.24, 2.45) is 5.92 Å². The van der Waals surface area contributed by atoms with Gasteiger partial charge in [0.05, 0.1) is 0 Å². The highest BCUT2D eigenvalue weighted by Crippen LogP contribution is 2.19. The molecule has 1 heterocycles. The Balaban J connectivity index is 1.97. The van der Waals surface area contributed by atoms with Gasteiger partial charge in [0.2, 0.25) is 5.91 Å². The number of hydrogen-bond acceptors (Lipinski definition) is 4. The number of hydrogen-bond donors (Lipinski definition) is 2.